The Hall–Kier alpha value is -5.44. The Morgan fingerprint density at radius 2 is 1.27 bits per heavy atom. The lowest BCUT2D eigenvalue weighted by atomic mass is 10.1. The van der Waals surface area contributed by atoms with Crippen LogP contribution in [0.1, 0.15) is 43.4 Å². The lowest BCUT2D eigenvalue weighted by Crippen LogP contribution is -2.30. The van der Waals surface area contributed by atoms with E-state index in [0.717, 1.165) is 24.3 Å². The molecule has 6 rings (SSSR count). The van der Waals surface area contributed by atoms with Crippen molar-refractivity contribution >= 4 is 61.7 Å². The van der Waals surface area contributed by atoms with E-state index in [2.05, 4.69) is 30.9 Å². The first-order valence-electron chi connectivity index (χ1n) is 13.7. The summed E-state index contributed by atoms with van der Waals surface area (Å²) in [5.41, 5.74) is -14.9. The Morgan fingerprint density at radius 3 is 1.85 bits per heavy atom. The van der Waals surface area contributed by atoms with Gasteiger partial charge in [-0.1, -0.05) is 27.5 Å². The third-order valence-corrected chi connectivity index (χ3v) is 7.88. The molecular weight excluding hydrogens is 815 g/mol. The van der Waals surface area contributed by atoms with Crippen LogP contribution in [0.25, 0.3) is 33.6 Å². The first-order chi connectivity index (χ1) is 24.1. The van der Waals surface area contributed by atoms with Crippen molar-refractivity contribution in [1.29, 1.82) is 0 Å². The van der Waals surface area contributed by atoms with Crippen LogP contribution in [0, 0.1) is 6.92 Å². The van der Waals surface area contributed by atoms with E-state index in [4.69, 9.17) is 20.4 Å². The number of hydrogen-bond donors (Lipinski definition) is 0. The standard InChI is InChI=1S/C30H11BrClF9N4O7/c1-10-6-13-22(46)20(42-44(24(13)51-10)18-5-3-12(32)8-15(18)29(36,37)38)26(48)52-27(49)21-23(47)19-16(30(39,40)41)9-50-25(19)45(43-21)17-4-2-11(31)7-14(17)28(33,34)35/h2-9H,1H3. The topological polar surface area (TPSA) is 139 Å². The number of hydrogen-bond acceptors (Lipinski definition) is 9. The molecule has 0 aliphatic carbocycles. The van der Waals surface area contributed by atoms with Crippen molar-refractivity contribution < 1.29 is 62.7 Å². The predicted molar refractivity (Wildman–Crippen MR) is 161 cm³/mol. The number of carbonyl (C=O) groups is 2. The van der Waals surface area contributed by atoms with Crippen molar-refractivity contribution in [3.05, 3.63) is 113 Å². The van der Waals surface area contributed by atoms with Crippen LogP contribution in [0.15, 0.2) is 71.6 Å². The number of rotatable bonds is 4. The molecule has 0 bridgehead atoms. The maximum atomic E-state index is 14.0. The van der Waals surface area contributed by atoms with E-state index in [0.29, 0.717) is 22.9 Å². The van der Waals surface area contributed by atoms with Gasteiger partial charge in [0.15, 0.2) is 0 Å². The summed E-state index contributed by atoms with van der Waals surface area (Å²) in [6, 6.07) is 5.53. The summed E-state index contributed by atoms with van der Waals surface area (Å²) in [6.07, 6.45) is -15.7. The maximum Gasteiger partial charge on any atom is 0.420 e. The van der Waals surface area contributed by atoms with Gasteiger partial charge in [-0.15, -0.1) is 0 Å². The van der Waals surface area contributed by atoms with Gasteiger partial charge < -0.3 is 13.6 Å². The normalized spacial score (nSPS) is 12.5. The molecule has 0 unspecified atom stereocenters. The summed E-state index contributed by atoms with van der Waals surface area (Å²) in [4.78, 5) is 53.1. The Kier molecular flexibility index (Phi) is 8.64. The summed E-state index contributed by atoms with van der Waals surface area (Å²) in [5.74, 6) is -4.30. The molecule has 270 valence electrons. The largest absolute Gasteiger partial charge is 0.445 e. The number of aromatic nitrogens is 4. The molecule has 4 heterocycles. The van der Waals surface area contributed by atoms with Crippen LogP contribution in [0.3, 0.4) is 0 Å². The van der Waals surface area contributed by atoms with Crippen LogP contribution in [-0.4, -0.2) is 31.5 Å². The summed E-state index contributed by atoms with van der Waals surface area (Å²) in [6.45, 7) is 1.28. The number of nitrogens with zero attached hydrogens (tertiary/aromatic N) is 4. The van der Waals surface area contributed by atoms with Gasteiger partial charge in [0.05, 0.1) is 27.9 Å². The van der Waals surface area contributed by atoms with Crippen LogP contribution in [0.2, 0.25) is 5.02 Å². The summed E-state index contributed by atoms with van der Waals surface area (Å²) in [7, 11) is 0. The highest BCUT2D eigenvalue weighted by atomic mass is 79.9. The molecule has 2 aromatic carbocycles. The number of fused-ring (bicyclic) bond motifs is 2. The average molecular weight is 826 g/mol. The highest BCUT2D eigenvalue weighted by molar-refractivity contribution is 9.10. The van der Waals surface area contributed by atoms with E-state index >= 15 is 0 Å². The number of furan rings is 2. The van der Waals surface area contributed by atoms with Crippen LogP contribution < -0.4 is 10.9 Å². The van der Waals surface area contributed by atoms with Gasteiger partial charge >= 0.3 is 30.5 Å². The van der Waals surface area contributed by atoms with Crippen molar-refractivity contribution in [2.45, 2.75) is 25.5 Å². The average Bonchev–Trinajstić information content (AvgIpc) is 3.66. The quantitative estimate of drug-likeness (QED) is 0.0982. The highest BCUT2D eigenvalue weighted by Crippen LogP contribution is 2.39. The minimum Gasteiger partial charge on any atom is -0.445 e. The van der Waals surface area contributed by atoms with Crippen molar-refractivity contribution in [3.8, 4) is 11.4 Å². The lowest BCUT2D eigenvalue weighted by molar-refractivity contribution is -0.138. The molecular formula is C30H11BrClF9N4O7. The van der Waals surface area contributed by atoms with Gasteiger partial charge in [-0.05, 0) is 49.4 Å². The molecule has 6 aromatic rings. The first-order valence-corrected chi connectivity index (χ1v) is 14.9. The maximum absolute atomic E-state index is 14.0. The van der Waals surface area contributed by atoms with E-state index in [1.165, 1.54) is 6.92 Å². The van der Waals surface area contributed by atoms with Gasteiger partial charge in [0.2, 0.25) is 33.7 Å². The Labute approximate surface area is 292 Å². The molecule has 0 radical (unpaired) electrons. The fourth-order valence-electron chi connectivity index (χ4n) is 5.00. The third-order valence-electron chi connectivity index (χ3n) is 7.16. The van der Waals surface area contributed by atoms with Crippen LogP contribution in [0.5, 0.6) is 0 Å². The van der Waals surface area contributed by atoms with Gasteiger partial charge in [0.25, 0.3) is 0 Å². The first kappa shape index (κ1) is 36.4. The molecule has 0 atom stereocenters. The second-order valence-corrected chi connectivity index (χ2v) is 11.9. The fourth-order valence-corrected chi connectivity index (χ4v) is 5.53. The molecule has 0 aliphatic rings. The van der Waals surface area contributed by atoms with Gasteiger partial charge in [0, 0.05) is 9.50 Å². The van der Waals surface area contributed by atoms with E-state index in [1.54, 1.807) is 0 Å². The zero-order chi connectivity index (χ0) is 38.2. The number of ether oxygens (including phenoxy) is 1. The van der Waals surface area contributed by atoms with Gasteiger partial charge in [-0.2, -0.15) is 59.1 Å². The molecule has 0 saturated carbocycles. The molecule has 0 saturated heterocycles. The molecule has 0 fully saturated rings. The van der Waals surface area contributed by atoms with E-state index in [1.807, 2.05) is 0 Å². The van der Waals surface area contributed by atoms with Crippen LogP contribution >= 0.6 is 27.5 Å². The Morgan fingerprint density at radius 1 is 0.750 bits per heavy atom. The summed E-state index contributed by atoms with van der Waals surface area (Å²) < 4.78 is 141. The molecule has 0 aliphatic heterocycles. The van der Waals surface area contributed by atoms with Crippen LogP contribution in [0.4, 0.5) is 39.5 Å². The molecule has 22 heteroatoms. The number of alkyl halides is 9. The van der Waals surface area contributed by atoms with Gasteiger partial charge in [-0.25, -0.2) is 9.59 Å². The smallest absolute Gasteiger partial charge is 0.420 e. The second kappa shape index (κ2) is 12.4. The Balaban J connectivity index is 1.53. The third kappa shape index (κ3) is 6.33. The molecule has 52 heavy (non-hydrogen) atoms. The second-order valence-electron chi connectivity index (χ2n) is 10.6. The van der Waals surface area contributed by atoms with Crippen molar-refractivity contribution in [2.24, 2.45) is 0 Å². The number of benzene rings is 2. The van der Waals surface area contributed by atoms with E-state index < -0.39 is 103 Å². The van der Waals surface area contributed by atoms with E-state index in [-0.39, 0.29) is 26.2 Å². The molecule has 11 nitrogen and oxygen atoms in total. The van der Waals surface area contributed by atoms with Crippen molar-refractivity contribution in [2.75, 3.05) is 0 Å². The number of aryl methyl sites for hydroxylation is 1. The number of esters is 2. The fraction of sp³-hybridized carbons (Fsp3) is 0.133. The molecule has 0 N–H and O–H groups in total. The zero-order valence-electron chi connectivity index (χ0n) is 24.9. The molecule has 4 aromatic heterocycles. The number of carbonyl (C=O) groups excluding carboxylic acids is 2. The molecule has 0 amide bonds. The van der Waals surface area contributed by atoms with Crippen molar-refractivity contribution in [1.82, 2.24) is 19.6 Å². The lowest BCUT2D eigenvalue weighted by Gasteiger charge is -2.16. The minimum atomic E-state index is -5.38. The SMILES string of the molecule is Cc1cc2c(=O)c(C(=O)OC(=O)c3nn(-c4ccc(Br)cc4C(F)(F)F)c4occ(C(F)(F)F)c4c3=O)nn(-c3ccc(Cl)cc3C(F)(F)F)c2o1. The molecule has 0 spiro atoms. The monoisotopic (exact) mass is 824 g/mol. The van der Waals surface area contributed by atoms with Gasteiger partial charge in [0.1, 0.15) is 23.0 Å². The zero-order valence-corrected chi connectivity index (χ0v) is 27.3. The summed E-state index contributed by atoms with van der Waals surface area (Å²) >= 11 is 8.58. The van der Waals surface area contributed by atoms with Crippen molar-refractivity contribution in [3.63, 3.8) is 0 Å². The Bertz CT molecular complexity index is 2600. The highest BCUT2D eigenvalue weighted by Gasteiger charge is 2.41. The number of halogens is 11. The van der Waals surface area contributed by atoms with Crippen LogP contribution in [-0.2, 0) is 23.3 Å². The van der Waals surface area contributed by atoms with Gasteiger partial charge in [-0.3, -0.25) is 9.59 Å². The summed E-state index contributed by atoms with van der Waals surface area (Å²) in [5, 5.41) is 4.63. The minimum absolute atomic E-state index is 0.0168. The van der Waals surface area contributed by atoms with E-state index in [9.17, 15) is 58.7 Å². The predicted octanol–water partition coefficient (Wildman–Crippen LogP) is 8.05.